The zero-order chi connectivity index (χ0) is 18.8. The van der Waals surface area contributed by atoms with E-state index < -0.39 is 11.7 Å². The first-order chi connectivity index (χ1) is 12.4. The van der Waals surface area contributed by atoms with Crippen molar-refractivity contribution in [1.29, 1.82) is 0 Å². The zero-order valence-electron chi connectivity index (χ0n) is 13.6. The van der Waals surface area contributed by atoms with Crippen molar-refractivity contribution in [3.63, 3.8) is 0 Å². The number of benzene rings is 1. The van der Waals surface area contributed by atoms with E-state index in [1.807, 2.05) is 4.90 Å². The normalized spacial score (nSPS) is 14.4. The molecule has 1 aromatic heterocycles. The van der Waals surface area contributed by atoms with Gasteiger partial charge in [0.15, 0.2) is 0 Å². The van der Waals surface area contributed by atoms with Crippen LogP contribution in [-0.4, -0.2) is 47.9 Å². The molecule has 0 aliphatic carbocycles. The largest absolute Gasteiger partial charge is 0.366 e. The fourth-order valence-corrected chi connectivity index (χ4v) is 3.29. The highest BCUT2D eigenvalue weighted by Gasteiger charge is 2.25. The summed E-state index contributed by atoms with van der Waals surface area (Å²) in [6.07, 6.45) is 1.37. The molecule has 2 amide bonds. The van der Waals surface area contributed by atoms with Crippen LogP contribution in [-0.2, 0) is 0 Å². The molecule has 0 saturated carbocycles. The highest BCUT2D eigenvalue weighted by Crippen LogP contribution is 2.26. The number of nitrogens with two attached hydrogens (primary N) is 1. The Morgan fingerprint density at radius 1 is 1.08 bits per heavy atom. The van der Waals surface area contributed by atoms with Gasteiger partial charge in [0.1, 0.15) is 11.6 Å². The SMILES string of the molecule is NC(=O)c1cnc(N2CCN(C(=O)c3ccc(F)cc3Cl)CC2)c(Cl)c1. The van der Waals surface area contributed by atoms with Crippen LogP contribution in [0.2, 0.25) is 10.0 Å². The Bertz CT molecular complexity index is 870. The molecule has 0 atom stereocenters. The fourth-order valence-electron chi connectivity index (χ4n) is 2.75. The van der Waals surface area contributed by atoms with Gasteiger partial charge in [-0.15, -0.1) is 0 Å². The van der Waals surface area contributed by atoms with Gasteiger partial charge in [0.05, 0.1) is 21.2 Å². The van der Waals surface area contributed by atoms with Gasteiger partial charge >= 0.3 is 0 Å². The number of halogens is 3. The quantitative estimate of drug-likeness (QED) is 0.864. The molecule has 0 spiro atoms. The first-order valence-corrected chi connectivity index (χ1v) is 8.57. The Morgan fingerprint density at radius 3 is 2.35 bits per heavy atom. The van der Waals surface area contributed by atoms with E-state index in [1.54, 1.807) is 4.90 Å². The summed E-state index contributed by atoms with van der Waals surface area (Å²) in [7, 11) is 0. The van der Waals surface area contributed by atoms with E-state index in [4.69, 9.17) is 28.9 Å². The minimum absolute atomic E-state index is 0.0872. The molecule has 136 valence electrons. The standard InChI is InChI=1S/C17H15Cl2FN4O2/c18-13-8-11(20)1-2-12(13)17(26)24-5-3-23(4-6-24)16-14(19)7-10(9-22-16)15(21)25/h1-2,7-9H,3-6H2,(H2,21,25). The summed E-state index contributed by atoms with van der Waals surface area (Å²) in [6.45, 7) is 1.88. The first kappa shape index (κ1) is 18.4. The maximum Gasteiger partial charge on any atom is 0.255 e. The van der Waals surface area contributed by atoms with Gasteiger partial charge in [-0.3, -0.25) is 9.59 Å². The van der Waals surface area contributed by atoms with Gasteiger partial charge in [0, 0.05) is 32.4 Å². The lowest BCUT2D eigenvalue weighted by Gasteiger charge is -2.36. The van der Waals surface area contributed by atoms with E-state index in [0.29, 0.717) is 37.0 Å². The number of pyridine rings is 1. The Hall–Kier alpha value is -2.38. The average Bonchev–Trinajstić information content (AvgIpc) is 2.61. The van der Waals surface area contributed by atoms with Crippen LogP contribution < -0.4 is 10.6 Å². The second-order valence-electron chi connectivity index (χ2n) is 5.80. The van der Waals surface area contributed by atoms with Gasteiger partial charge in [-0.05, 0) is 24.3 Å². The van der Waals surface area contributed by atoms with Crippen molar-refractivity contribution in [3.05, 3.63) is 57.5 Å². The van der Waals surface area contributed by atoms with Gasteiger partial charge in [-0.25, -0.2) is 9.37 Å². The molecular weight excluding hydrogens is 382 g/mol. The van der Waals surface area contributed by atoms with E-state index in [0.717, 1.165) is 6.07 Å². The van der Waals surface area contributed by atoms with Crippen LogP contribution in [0.3, 0.4) is 0 Å². The molecule has 1 aliphatic heterocycles. The number of anilines is 1. The van der Waals surface area contributed by atoms with Crippen LogP contribution in [0.25, 0.3) is 0 Å². The second kappa shape index (κ2) is 7.47. The van der Waals surface area contributed by atoms with E-state index in [2.05, 4.69) is 4.98 Å². The van der Waals surface area contributed by atoms with Gasteiger partial charge in [-0.2, -0.15) is 0 Å². The first-order valence-electron chi connectivity index (χ1n) is 7.81. The van der Waals surface area contributed by atoms with Crippen molar-refractivity contribution in [2.75, 3.05) is 31.1 Å². The molecule has 2 aromatic rings. The van der Waals surface area contributed by atoms with E-state index in [-0.39, 0.29) is 22.1 Å². The third-order valence-electron chi connectivity index (χ3n) is 4.13. The molecule has 0 bridgehead atoms. The Kier molecular flexibility index (Phi) is 5.29. The molecule has 1 fully saturated rings. The summed E-state index contributed by atoms with van der Waals surface area (Å²) in [5.41, 5.74) is 5.71. The fraction of sp³-hybridized carbons (Fsp3) is 0.235. The van der Waals surface area contributed by atoms with E-state index >= 15 is 0 Å². The number of nitrogens with zero attached hydrogens (tertiary/aromatic N) is 3. The second-order valence-corrected chi connectivity index (χ2v) is 6.61. The van der Waals surface area contributed by atoms with Gasteiger partial charge in [0.25, 0.3) is 5.91 Å². The number of piperazine rings is 1. The van der Waals surface area contributed by atoms with Crippen LogP contribution in [0.1, 0.15) is 20.7 Å². The van der Waals surface area contributed by atoms with Crippen LogP contribution in [0.15, 0.2) is 30.5 Å². The maximum atomic E-state index is 13.1. The smallest absolute Gasteiger partial charge is 0.255 e. The lowest BCUT2D eigenvalue weighted by Crippen LogP contribution is -2.49. The number of rotatable bonds is 3. The molecule has 2 heterocycles. The minimum Gasteiger partial charge on any atom is -0.366 e. The number of carbonyl (C=O) groups is 2. The molecule has 3 rings (SSSR count). The number of hydrogen-bond donors (Lipinski definition) is 1. The predicted octanol–water partition coefficient (Wildman–Crippen LogP) is 2.59. The van der Waals surface area contributed by atoms with Gasteiger partial charge in [0.2, 0.25) is 5.91 Å². The van der Waals surface area contributed by atoms with Crippen molar-refractivity contribution in [3.8, 4) is 0 Å². The lowest BCUT2D eigenvalue weighted by atomic mass is 10.1. The summed E-state index contributed by atoms with van der Waals surface area (Å²) >= 11 is 12.2. The van der Waals surface area contributed by atoms with E-state index in [1.165, 1.54) is 24.4 Å². The van der Waals surface area contributed by atoms with Crippen LogP contribution >= 0.6 is 23.2 Å². The average molecular weight is 397 g/mol. The molecular formula is C17H15Cl2FN4O2. The summed E-state index contributed by atoms with van der Waals surface area (Å²) < 4.78 is 13.1. The molecule has 1 saturated heterocycles. The highest BCUT2D eigenvalue weighted by atomic mass is 35.5. The number of hydrogen-bond acceptors (Lipinski definition) is 4. The number of aromatic nitrogens is 1. The van der Waals surface area contributed by atoms with Crippen molar-refractivity contribution in [2.24, 2.45) is 5.73 Å². The number of amides is 2. The molecule has 6 nitrogen and oxygen atoms in total. The lowest BCUT2D eigenvalue weighted by molar-refractivity contribution is 0.0746. The van der Waals surface area contributed by atoms with Gasteiger partial charge < -0.3 is 15.5 Å². The molecule has 2 N–H and O–H groups in total. The molecule has 9 heteroatoms. The Labute approximate surface area is 159 Å². The van der Waals surface area contributed by atoms with Crippen LogP contribution in [0.4, 0.5) is 10.2 Å². The zero-order valence-corrected chi connectivity index (χ0v) is 15.1. The Morgan fingerprint density at radius 2 is 1.77 bits per heavy atom. The monoisotopic (exact) mass is 396 g/mol. The topological polar surface area (TPSA) is 79.5 Å². The van der Waals surface area contributed by atoms with Gasteiger partial charge in [-0.1, -0.05) is 23.2 Å². The summed E-state index contributed by atoms with van der Waals surface area (Å²) in [5.74, 6) is -0.810. The third-order valence-corrected chi connectivity index (χ3v) is 4.73. The van der Waals surface area contributed by atoms with Crippen molar-refractivity contribution < 1.29 is 14.0 Å². The molecule has 0 unspecified atom stereocenters. The van der Waals surface area contributed by atoms with Crippen molar-refractivity contribution >= 4 is 40.8 Å². The maximum absolute atomic E-state index is 13.1. The molecule has 26 heavy (non-hydrogen) atoms. The van der Waals surface area contributed by atoms with Crippen molar-refractivity contribution in [2.45, 2.75) is 0 Å². The van der Waals surface area contributed by atoms with Crippen molar-refractivity contribution in [1.82, 2.24) is 9.88 Å². The predicted molar refractivity (Wildman–Crippen MR) is 97.3 cm³/mol. The summed E-state index contributed by atoms with van der Waals surface area (Å²) in [6, 6.07) is 5.18. The van der Waals surface area contributed by atoms with E-state index in [9.17, 15) is 14.0 Å². The van der Waals surface area contributed by atoms with Crippen LogP contribution in [0.5, 0.6) is 0 Å². The molecule has 1 aliphatic rings. The summed E-state index contributed by atoms with van der Waals surface area (Å²) in [4.78, 5) is 31.5. The number of primary amides is 1. The molecule has 0 radical (unpaired) electrons. The minimum atomic E-state index is -0.599. The molecule has 1 aromatic carbocycles. The third kappa shape index (κ3) is 3.73. The Balaban J connectivity index is 1.69. The summed E-state index contributed by atoms with van der Waals surface area (Å²) in [5, 5.41) is 0.409. The highest BCUT2D eigenvalue weighted by molar-refractivity contribution is 6.34. The number of carbonyl (C=O) groups excluding carboxylic acids is 2. The van der Waals surface area contributed by atoms with Crippen LogP contribution in [0, 0.1) is 5.82 Å².